The molecule has 1 fully saturated rings. The zero-order chi connectivity index (χ0) is 20.3. The molecule has 3 rings (SSSR count). The van der Waals surface area contributed by atoms with E-state index in [0.29, 0.717) is 24.6 Å². The van der Waals surface area contributed by atoms with E-state index in [4.69, 9.17) is 10.00 Å². The molecule has 0 spiro atoms. The molecule has 0 atom stereocenters. The minimum Gasteiger partial charge on any atom is -0.450 e. The van der Waals surface area contributed by atoms with Crippen LogP contribution in [-0.2, 0) is 10.0 Å². The Balaban J connectivity index is 1.93. The lowest BCUT2D eigenvalue weighted by atomic mass is 10.0. The molecule has 0 aromatic heterocycles. The molecule has 1 aliphatic heterocycles. The number of rotatable bonds is 5. The van der Waals surface area contributed by atoms with Crippen LogP contribution in [0.1, 0.15) is 25.3 Å². The van der Waals surface area contributed by atoms with Crippen LogP contribution in [0.15, 0.2) is 47.4 Å². The first-order chi connectivity index (χ1) is 13.3. The van der Waals surface area contributed by atoms with Crippen LogP contribution in [0.2, 0.25) is 0 Å². The monoisotopic (exact) mass is 401 g/mol. The molecule has 8 nitrogen and oxygen atoms in total. The van der Waals surface area contributed by atoms with Crippen molar-refractivity contribution in [3.8, 4) is 17.6 Å². The molecule has 0 unspecified atom stereocenters. The molecule has 28 heavy (non-hydrogen) atoms. The third kappa shape index (κ3) is 4.13. The predicted molar refractivity (Wildman–Crippen MR) is 101 cm³/mol. The number of sulfonamides is 1. The summed E-state index contributed by atoms with van der Waals surface area (Å²) < 4.78 is 32.6. The molecule has 1 aliphatic rings. The largest absolute Gasteiger partial charge is 0.450 e. The van der Waals surface area contributed by atoms with Crippen molar-refractivity contribution in [2.45, 2.75) is 24.7 Å². The number of hydrogen-bond donors (Lipinski definition) is 0. The third-order valence-corrected chi connectivity index (χ3v) is 6.59. The smallest absolute Gasteiger partial charge is 0.312 e. The highest BCUT2D eigenvalue weighted by Crippen LogP contribution is 2.35. The maximum absolute atomic E-state index is 12.8. The molecule has 1 saturated heterocycles. The number of benzene rings is 2. The Labute approximate surface area is 163 Å². The summed E-state index contributed by atoms with van der Waals surface area (Å²) in [6.45, 7) is 2.87. The van der Waals surface area contributed by atoms with Crippen molar-refractivity contribution in [2.24, 2.45) is 5.92 Å². The molecule has 0 amide bonds. The van der Waals surface area contributed by atoms with Gasteiger partial charge in [-0.25, -0.2) is 8.42 Å². The topological polar surface area (TPSA) is 114 Å². The normalized spacial score (nSPS) is 15.7. The molecule has 0 N–H and O–H groups in total. The molecule has 1 heterocycles. The van der Waals surface area contributed by atoms with Crippen LogP contribution in [0.5, 0.6) is 11.5 Å². The first-order valence-corrected chi connectivity index (χ1v) is 10.2. The minimum atomic E-state index is -3.81. The third-order valence-electron chi connectivity index (χ3n) is 4.70. The minimum absolute atomic E-state index is 0.0914. The van der Waals surface area contributed by atoms with Gasteiger partial charge in [0.25, 0.3) is 0 Å². The molecule has 0 radical (unpaired) electrons. The van der Waals surface area contributed by atoms with Gasteiger partial charge in [-0.15, -0.1) is 0 Å². The van der Waals surface area contributed by atoms with E-state index in [-0.39, 0.29) is 16.4 Å². The molecule has 0 bridgehead atoms. The fraction of sp³-hybridized carbons (Fsp3) is 0.316. The van der Waals surface area contributed by atoms with Crippen molar-refractivity contribution < 1.29 is 18.1 Å². The van der Waals surface area contributed by atoms with Crippen molar-refractivity contribution in [2.75, 3.05) is 13.1 Å². The Kier molecular flexibility index (Phi) is 5.63. The molecular weight excluding hydrogens is 382 g/mol. The molecule has 2 aromatic carbocycles. The van der Waals surface area contributed by atoms with Crippen molar-refractivity contribution in [1.82, 2.24) is 4.31 Å². The number of nitrogens with zero attached hydrogens (tertiary/aromatic N) is 3. The summed E-state index contributed by atoms with van der Waals surface area (Å²) in [6.07, 6.45) is 1.52. The highest BCUT2D eigenvalue weighted by atomic mass is 32.2. The lowest BCUT2D eigenvalue weighted by Crippen LogP contribution is -2.37. The number of hydrogen-bond acceptors (Lipinski definition) is 6. The SMILES string of the molecule is CC1CCN(S(=O)(=O)c2ccc(Oc3cccc(C#N)c3)c([N+](=O)[O-])c2)CC1. The van der Waals surface area contributed by atoms with Gasteiger partial charge in [0.1, 0.15) is 5.75 Å². The van der Waals surface area contributed by atoms with Gasteiger partial charge in [-0.2, -0.15) is 9.57 Å². The van der Waals surface area contributed by atoms with E-state index >= 15 is 0 Å². The van der Waals surface area contributed by atoms with E-state index in [1.165, 1.54) is 22.5 Å². The van der Waals surface area contributed by atoms with Crippen LogP contribution >= 0.6 is 0 Å². The predicted octanol–water partition coefficient (Wildman–Crippen LogP) is 3.68. The van der Waals surface area contributed by atoms with Crippen LogP contribution in [-0.4, -0.2) is 30.7 Å². The van der Waals surface area contributed by atoms with Crippen molar-refractivity contribution in [3.63, 3.8) is 0 Å². The summed E-state index contributed by atoms with van der Waals surface area (Å²) in [5, 5.41) is 20.5. The average molecular weight is 401 g/mol. The molecule has 0 aliphatic carbocycles. The Bertz CT molecular complexity index is 1040. The average Bonchev–Trinajstić information content (AvgIpc) is 2.68. The lowest BCUT2D eigenvalue weighted by Gasteiger charge is -2.29. The summed E-state index contributed by atoms with van der Waals surface area (Å²) in [5.74, 6) is 0.620. The second-order valence-corrected chi connectivity index (χ2v) is 8.65. The van der Waals surface area contributed by atoms with E-state index in [1.807, 2.05) is 6.07 Å². The Hall–Kier alpha value is -2.96. The Morgan fingerprint density at radius 2 is 1.93 bits per heavy atom. The van der Waals surface area contributed by atoms with Gasteiger partial charge < -0.3 is 4.74 Å². The molecule has 2 aromatic rings. The molecule has 0 saturated carbocycles. The first kappa shape index (κ1) is 19.8. The number of nitriles is 1. The molecule has 9 heteroatoms. The van der Waals surface area contributed by atoms with E-state index in [2.05, 4.69) is 6.92 Å². The Morgan fingerprint density at radius 3 is 2.57 bits per heavy atom. The van der Waals surface area contributed by atoms with E-state index in [1.54, 1.807) is 18.2 Å². The van der Waals surface area contributed by atoms with Gasteiger partial charge in [-0.3, -0.25) is 10.1 Å². The van der Waals surface area contributed by atoms with Crippen molar-refractivity contribution >= 4 is 15.7 Å². The van der Waals surface area contributed by atoms with Gasteiger partial charge in [-0.05, 0) is 49.1 Å². The zero-order valence-electron chi connectivity index (χ0n) is 15.2. The zero-order valence-corrected chi connectivity index (χ0v) is 16.1. The quantitative estimate of drug-likeness (QED) is 0.558. The maximum Gasteiger partial charge on any atom is 0.312 e. The highest BCUT2D eigenvalue weighted by Gasteiger charge is 2.30. The molecule has 146 valence electrons. The van der Waals surface area contributed by atoms with Crippen LogP contribution in [0, 0.1) is 27.4 Å². The highest BCUT2D eigenvalue weighted by molar-refractivity contribution is 7.89. The number of piperidine rings is 1. The van der Waals surface area contributed by atoms with Gasteiger partial charge in [0, 0.05) is 19.2 Å². The van der Waals surface area contributed by atoms with Gasteiger partial charge >= 0.3 is 5.69 Å². The maximum atomic E-state index is 12.8. The van der Waals surface area contributed by atoms with Crippen molar-refractivity contribution in [3.05, 3.63) is 58.1 Å². The second-order valence-electron chi connectivity index (χ2n) is 6.71. The van der Waals surface area contributed by atoms with Gasteiger partial charge in [0.05, 0.1) is 21.5 Å². The Morgan fingerprint density at radius 1 is 1.21 bits per heavy atom. The van der Waals surface area contributed by atoms with Crippen LogP contribution in [0.3, 0.4) is 0 Å². The summed E-state index contributed by atoms with van der Waals surface area (Å²) in [6, 6.07) is 11.7. The number of nitro groups is 1. The fourth-order valence-electron chi connectivity index (χ4n) is 3.02. The fourth-order valence-corrected chi connectivity index (χ4v) is 4.51. The number of ether oxygens (including phenoxy) is 1. The van der Waals surface area contributed by atoms with E-state index in [9.17, 15) is 18.5 Å². The number of nitro benzene ring substituents is 1. The lowest BCUT2D eigenvalue weighted by molar-refractivity contribution is -0.385. The van der Waals surface area contributed by atoms with Gasteiger partial charge in [0.15, 0.2) is 0 Å². The summed E-state index contributed by atoms with van der Waals surface area (Å²) >= 11 is 0. The second kappa shape index (κ2) is 7.96. The first-order valence-electron chi connectivity index (χ1n) is 8.78. The van der Waals surface area contributed by atoms with E-state index in [0.717, 1.165) is 18.9 Å². The van der Waals surface area contributed by atoms with E-state index < -0.39 is 20.6 Å². The summed E-state index contributed by atoms with van der Waals surface area (Å²) in [4.78, 5) is 10.7. The standard InChI is InChI=1S/C19H19N3O5S/c1-14-7-9-21(10-8-14)28(25,26)17-5-6-19(18(12-17)22(23)24)27-16-4-2-3-15(11-16)13-20/h2-6,11-12,14H,7-10H2,1H3. The van der Waals surface area contributed by atoms with Gasteiger partial charge in [-0.1, -0.05) is 13.0 Å². The van der Waals surface area contributed by atoms with Crippen LogP contribution < -0.4 is 4.74 Å². The van der Waals surface area contributed by atoms with Crippen LogP contribution in [0.4, 0.5) is 5.69 Å². The summed E-state index contributed by atoms with van der Waals surface area (Å²) in [7, 11) is -3.81. The van der Waals surface area contributed by atoms with Crippen molar-refractivity contribution in [1.29, 1.82) is 5.26 Å². The molecular formula is C19H19N3O5S. The van der Waals surface area contributed by atoms with Crippen LogP contribution in [0.25, 0.3) is 0 Å². The summed E-state index contributed by atoms with van der Waals surface area (Å²) in [5.41, 5.74) is -0.104. The van der Waals surface area contributed by atoms with Gasteiger partial charge in [0.2, 0.25) is 15.8 Å².